The Morgan fingerprint density at radius 3 is 2.62 bits per heavy atom. The molecule has 0 amide bonds. The lowest BCUT2D eigenvalue weighted by Crippen LogP contribution is -2.24. The van der Waals surface area contributed by atoms with Gasteiger partial charge in [0.25, 0.3) is 0 Å². The summed E-state index contributed by atoms with van der Waals surface area (Å²) >= 11 is 0. The summed E-state index contributed by atoms with van der Waals surface area (Å²) in [5.41, 5.74) is 2.34. The van der Waals surface area contributed by atoms with Crippen LogP contribution in [0, 0.1) is 0 Å². The second-order valence-electron chi connectivity index (χ2n) is 5.08. The van der Waals surface area contributed by atoms with Crippen molar-refractivity contribution >= 4 is 0 Å². The van der Waals surface area contributed by atoms with Crippen LogP contribution in [-0.2, 0) is 13.1 Å². The molecule has 1 aromatic heterocycles. The van der Waals surface area contributed by atoms with Gasteiger partial charge in [0.2, 0.25) is 0 Å². The van der Waals surface area contributed by atoms with Crippen molar-refractivity contribution in [2.45, 2.75) is 13.1 Å². The standard InChI is InChI=1S/C17H23N3O/c1-18-13-15-6-8-17(9-7-15)21-12-11-20(2)14-16-5-3-4-10-19-16/h3-10,18H,11-14H2,1-2H3. The van der Waals surface area contributed by atoms with Gasteiger partial charge in [0.1, 0.15) is 12.4 Å². The van der Waals surface area contributed by atoms with E-state index in [9.17, 15) is 0 Å². The Morgan fingerprint density at radius 2 is 1.95 bits per heavy atom. The highest BCUT2D eigenvalue weighted by molar-refractivity contribution is 5.27. The molecule has 0 spiro atoms. The van der Waals surface area contributed by atoms with Crippen molar-refractivity contribution < 1.29 is 4.74 Å². The zero-order valence-electron chi connectivity index (χ0n) is 12.7. The normalized spacial score (nSPS) is 10.8. The molecule has 21 heavy (non-hydrogen) atoms. The Hall–Kier alpha value is -1.91. The molecule has 0 radical (unpaired) electrons. The van der Waals surface area contributed by atoms with Crippen LogP contribution in [0.25, 0.3) is 0 Å². The van der Waals surface area contributed by atoms with Crippen molar-refractivity contribution in [3.8, 4) is 5.75 Å². The summed E-state index contributed by atoms with van der Waals surface area (Å²) in [6, 6.07) is 14.2. The first kappa shape index (κ1) is 15.5. The summed E-state index contributed by atoms with van der Waals surface area (Å²) in [7, 11) is 4.02. The summed E-state index contributed by atoms with van der Waals surface area (Å²) in [4.78, 5) is 6.53. The van der Waals surface area contributed by atoms with Gasteiger partial charge >= 0.3 is 0 Å². The highest BCUT2D eigenvalue weighted by Gasteiger charge is 2.01. The largest absolute Gasteiger partial charge is 0.492 e. The number of hydrogen-bond donors (Lipinski definition) is 1. The van der Waals surface area contributed by atoms with E-state index < -0.39 is 0 Å². The molecule has 0 aliphatic carbocycles. The number of benzene rings is 1. The van der Waals surface area contributed by atoms with Gasteiger partial charge in [-0.3, -0.25) is 9.88 Å². The van der Waals surface area contributed by atoms with Crippen LogP contribution >= 0.6 is 0 Å². The van der Waals surface area contributed by atoms with Crippen molar-refractivity contribution in [2.75, 3.05) is 27.2 Å². The van der Waals surface area contributed by atoms with E-state index in [4.69, 9.17) is 4.74 Å². The molecule has 1 heterocycles. The molecule has 1 aromatic carbocycles. The van der Waals surface area contributed by atoms with Gasteiger partial charge < -0.3 is 10.1 Å². The van der Waals surface area contributed by atoms with Crippen LogP contribution < -0.4 is 10.1 Å². The summed E-state index contributed by atoms with van der Waals surface area (Å²) < 4.78 is 5.77. The number of rotatable bonds is 8. The van der Waals surface area contributed by atoms with Crippen molar-refractivity contribution in [1.29, 1.82) is 0 Å². The molecule has 2 aromatic rings. The van der Waals surface area contributed by atoms with E-state index in [-0.39, 0.29) is 0 Å². The molecule has 0 aliphatic rings. The van der Waals surface area contributed by atoms with Crippen molar-refractivity contribution in [3.63, 3.8) is 0 Å². The van der Waals surface area contributed by atoms with E-state index in [0.29, 0.717) is 6.61 Å². The van der Waals surface area contributed by atoms with Gasteiger partial charge in [-0.25, -0.2) is 0 Å². The topological polar surface area (TPSA) is 37.4 Å². The molecule has 0 unspecified atom stereocenters. The quantitative estimate of drug-likeness (QED) is 0.807. The molecule has 0 aliphatic heterocycles. The van der Waals surface area contributed by atoms with Crippen LogP contribution in [-0.4, -0.2) is 37.1 Å². The third-order valence-electron chi connectivity index (χ3n) is 3.20. The van der Waals surface area contributed by atoms with Crippen LogP contribution in [0.4, 0.5) is 0 Å². The minimum Gasteiger partial charge on any atom is -0.492 e. The van der Waals surface area contributed by atoms with Gasteiger partial charge in [-0.15, -0.1) is 0 Å². The van der Waals surface area contributed by atoms with Gasteiger partial charge in [-0.05, 0) is 43.9 Å². The fourth-order valence-electron chi connectivity index (χ4n) is 2.07. The Labute approximate surface area is 126 Å². The van der Waals surface area contributed by atoms with E-state index in [1.54, 1.807) is 0 Å². The number of aromatic nitrogens is 1. The molecular weight excluding hydrogens is 262 g/mol. The van der Waals surface area contributed by atoms with Crippen LogP contribution in [0.3, 0.4) is 0 Å². The van der Waals surface area contributed by atoms with Crippen LogP contribution in [0.5, 0.6) is 5.75 Å². The minimum atomic E-state index is 0.675. The second-order valence-corrected chi connectivity index (χ2v) is 5.08. The lowest BCUT2D eigenvalue weighted by molar-refractivity contribution is 0.231. The van der Waals surface area contributed by atoms with Gasteiger partial charge in [0.05, 0.1) is 5.69 Å². The molecule has 4 nitrogen and oxygen atoms in total. The van der Waals surface area contributed by atoms with E-state index in [2.05, 4.69) is 34.4 Å². The highest BCUT2D eigenvalue weighted by atomic mass is 16.5. The minimum absolute atomic E-state index is 0.675. The average Bonchev–Trinajstić information content (AvgIpc) is 2.50. The predicted octanol–water partition coefficient (Wildman–Crippen LogP) is 2.31. The lowest BCUT2D eigenvalue weighted by Gasteiger charge is -2.16. The SMILES string of the molecule is CNCc1ccc(OCCN(C)Cc2ccccn2)cc1. The molecule has 0 saturated heterocycles. The summed E-state index contributed by atoms with van der Waals surface area (Å²) in [6.45, 7) is 3.27. The Morgan fingerprint density at radius 1 is 1.14 bits per heavy atom. The zero-order chi connectivity index (χ0) is 14.9. The number of likely N-dealkylation sites (N-methyl/N-ethyl adjacent to an activating group) is 1. The van der Waals surface area contributed by atoms with Crippen molar-refractivity contribution in [3.05, 3.63) is 59.9 Å². The summed E-state index contributed by atoms with van der Waals surface area (Å²) in [5.74, 6) is 0.918. The van der Waals surface area contributed by atoms with Gasteiger partial charge in [-0.2, -0.15) is 0 Å². The maximum Gasteiger partial charge on any atom is 0.119 e. The Kier molecular flexibility index (Phi) is 6.19. The maximum absolute atomic E-state index is 5.77. The molecule has 0 atom stereocenters. The predicted molar refractivity (Wildman–Crippen MR) is 85.3 cm³/mol. The lowest BCUT2D eigenvalue weighted by atomic mass is 10.2. The molecule has 0 saturated carbocycles. The van der Waals surface area contributed by atoms with E-state index in [1.165, 1.54) is 5.56 Å². The van der Waals surface area contributed by atoms with E-state index >= 15 is 0 Å². The molecule has 0 fully saturated rings. The average molecular weight is 285 g/mol. The van der Waals surface area contributed by atoms with E-state index in [0.717, 1.165) is 31.1 Å². The molecule has 4 heteroatoms. The third-order valence-corrected chi connectivity index (χ3v) is 3.20. The summed E-state index contributed by atoms with van der Waals surface area (Å²) in [5, 5.41) is 3.13. The second kappa shape index (κ2) is 8.39. The smallest absolute Gasteiger partial charge is 0.119 e. The van der Waals surface area contributed by atoms with Crippen LogP contribution in [0.1, 0.15) is 11.3 Å². The van der Waals surface area contributed by atoms with Crippen molar-refractivity contribution in [2.24, 2.45) is 0 Å². The fraction of sp³-hybridized carbons (Fsp3) is 0.353. The number of nitrogens with one attached hydrogen (secondary N) is 1. The number of hydrogen-bond acceptors (Lipinski definition) is 4. The molecule has 112 valence electrons. The Bertz CT molecular complexity index is 513. The Balaban J connectivity index is 1.71. The highest BCUT2D eigenvalue weighted by Crippen LogP contribution is 2.12. The zero-order valence-corrected chi connectivity index (χ0v) is 12.7. The van der Waals surface area contributed by atoms with Gasteiger partial charge in [0.15, 0.2) is 0 Å². The molecular formula is C17H23N3O. The maximum atomic E-state index is 5.77. The molecule has 1 N–H and O–H groups in total. The number of pyridine rings is 1. The first-order valence-corrected chi connectivity index (χ1v) is 7.22. The monoisotopic (exact) mass is 285 g/mol. The molecule has 2 rings (SSSR count). The fourth-order valence-corrected chi connectivity index (χ4v) is 2.07. The van der Waals surface area contributed by atoms with Crippen molar-refractivity contribution in [1.82, 2.24) is 15.2 Å². The van der Waals surface area contributed by atoms with Gasteiger partial charge in [-0.1, -0.05) is 18.2 Å². The first-order valence-electron chi connectivity index (χ1n) is 7.22. The third kappa shape index (κ3) is 5.53. The number of ether oxygens (including phenoxy) is 1. The van der Waals surface area contributed by atoms with Crippen LogP contribution in [0.15, 0.2) is 48.7 Å². The van der Waals surface area contributed by atoms with Crippen LogP contribution in [0.2, 0.25) is 0 Å². The molecule has 0 bridgehead atoms. The van der Waals surface area contributed by atoms with Gasteiger partial charge in [0, 0.05) is 25.8 Å². The summed E-state index contributed by atoms with van der Waals surface area (Å²) in [6.07, 6.45) is 1.83. The number of nitrogens with zero attached hydrogens (tertiary/aromatic N) is 2. The first-order chi connectivity index (χ1) is 10.3. The van der Waals surface area contributed by atoms with E-state index in [1.807, 2.05) is 43.6 Å².